The number of carboxylic acids is 1. The van der Waals surface area contributed by atoms with E-state index in [1.165, 1.54) is 19.4 Å². The van der Waals surface area contributed by atoms with E-state index in [-0.39, 0.29) is 11.7 Å². The first kappa shape index (κ1) is 24.6. The lowest BCUT2D eigenvalue weighted by molar-refractivity contribution is -0.139. The molecular weight excluding hydrogens is 486 g/mol. The smallest absolute Gasteiger partial charge is 0.336 e. The average molecular weight is 509 g/mol. The Labute approximate surface area is 194 Å². The summed E-state index contributed by atoms with van der Waals surface area (Å²) < 4.78 is 11.2. The maximum Gasteiger partial charge on any atom is 0.336 e. The number of carboxylic acid groups (broad SMARTS) is 1. The molecule has 0 radical (unpaired) electrons. The van der Waals surface area contributed by atoms with E-state index in [1.807, 2.05) is 19.9 Å². The Kier molecular flexibility index (Phi) is 9.27. The summed E-state index contributed by atoms with van der Waals surface area (Å²) in [6.07, 6.45) is 5.05. The summed E-state index contributed by atoms with van der Waals surface area (Å²) in [5.41, 5.74) is 1.36. The molecule has 8 heteroatoms. The van der Waals surface area contributed by atoms with E-state index < -0.39 is 18.0 Å². The van der Waals surface area contributed by atoms with Gasteiger partial charge in [0.05, 0.1) is 11.6 Å². The number of hydrogen-bond acceptors (Lipinski definition) is 5. The first-order valence-corrected chi connectivity index (χ1v) is 10.7. The highest BCUT2D eigenvalue weighted by atomic mass is 79.9. The minimum Gasteiger partial charge on any atom is -0.493 e. The number of aliphatic imine (C=N–C) groups is 1. The average Bonchev–Trinajstić information content (AvgIpc) is 2.73. The molecule has 2 unspecified atom stereocenters. The number of rotatable bonds is 9. The van der Waals surface area contributed by atoms with Crippen molar-refractivity contribution in [3.8, 4) is 11.5 Å². The van der Waals surface area contributed by atoms with Gasteiger partial charge in [0.2, 0.25) is 0 Å². The number of benzene rings is 2. The van der Waals surface area contributed by atoms with E-state index in [2.05, 4.69) is 20.9 Å². The summed E-state index contributed by atoms with van der Waals surface area (Å²) in [7, 11) is 1.45. The van der Waals surface area contributed by atoms with Gasteiger partial charge in [-0.05, 0) is 63.3 Å². The fourth-order valence-corrected chi connectivity index (χ4v) is 3.41. The van der Waals surface area contributed by atoms with Crippen LogP contribution in [0.4, 0.5) is 0 Å². The van der Waals surface area contributed by atoms with E-state index in [1.54, 1.807) is 36.4 Å². The zero-order chi connectivity index (χ0) is 23.0. The van der Waals surface area contributed by atoms with Gasteiger partial charge in [0.25, 0.3) is 0 Å². The van der Waals surface area contributed by atoms with Crippen molar-refractivity contribution in [2.45, 2.75) is 26.3 Å². The Morgan fingerprint density at radius 1 is 1.26 bits per heavy atom. The summed E-state index contributed by atoms with van der Waals surface area (Å²) in [5.74, 6) is -1.17. The second-order valence-corrected chi connectivity index (χ2v) is 8.08. The molecule has 0 spiro atoms. The zero-order valence-electron chi connectivity index (χ0n) is 17.3. The zero-order valence-corrected chi connectivity index (χ0v) is 19.7. The van der Waals surface area contributed by atoms with Gasteiger partial charge >= 0.3 is 11.9 Å². The van der Waals surface area contributed by atoms with Gasteiger partial charge in [-0.3, -0.25) is 4.99 Å². The number of carbonyl (C=O) groups excluding carboxylic acids is 1. The largest absolute Gasteiger partial charge is 0.493 e. The van der Waals surface area contributed by atoms with Crippen LogP contribution in [0.2, 0.25) is 5.02 Å². The Morgan fingerprint density at radius 2 is 2.00 bits per heavy atom. The lowest BCUT2D eigenvalue weighted by atomic mass is 10.00. The Bertz CT molecular complexity index is 1010. The number of esters is 1. The van der Waals surface area contributed by atoms with Crippen LogP contribution in [0, 0.1) is 5.92 Å². The molecule has 0 aliphatic heterocycles. The second-order valence-electron chi connectivity index (χ2n) is 6.79. The topological polar surface area (TPSA) is 85.2 Å². The molecule has 0 aromatic heterocycles. The molecule has 0 saturated heterocycles. The number of aliphatic carboxylic acids is 1. The molecule has 0 aliphatic rings. The van der Waals surface area contributed by atoms with Crippen molar-refractivity contribution >= 4 is 51.8 Å². The van der Waals surface area contributed by atoms with Gasteiger partial charge in [0.1, 0.15) is 6.04 Å². The number of hydrogen-bond donors (Lipinski definition) is 1. The minimum atomic E-state index is -0.978. The summed E-state index contributed by atoms with van der Waals surface area (Å²) >= 11 is 9.31. The van der Waals surface area contributed by atoms with Crippen molar-refractivity contribution in [1.29, 1.82) is 0 Å². The van der Waals surface area contributed by atoms with Gasteiger partial charge < -0.3 is 14.6 Å². The second kappa shape index (κ2) is 11.7. The number of nitrogens with zero attached hydrogens (tertiary/aromatic N) is 1. The highest BCUT2D eigenvalue weighted by Gasteiger charge is 2.22. The van der Waals surface area contributed by atoms with Crippen LogP contribution in [-0.4, -0.2) is 36.4 Å². The number of halogens is 2. The molecule has 164 valence electrons. The standard InChI is InChI=1S/C23H23BrClNO5/c1-4-14(2)21(23(28)29)26-13-16-11-18(24)22(19(12-16)30-3)31-20(27)9-8-15-6-5-7-17(25)10-15/h5-14,21H,4H2,1-3H3,(H,28,29)/b9-8+,26-13?. The molecule has 0 bridgehead atoms. The molecule has 1 N–H and O–H groups in total. The van der Waals surface area contributed by atoms with Crippen molar-refractivity contribution in [2.24, 2.45) is 10.9 Å². The third-order valence-corrected chi connectivity index (χ3v) is 5.36. The summed E-state index contributed by atoms with van der Waals surface area (Å²) in [5, 5.41) is 9.95. The summed E-state index contributed by atoms with van der Waals surface area (Å²) in [6, 6.07) is 9.50. The number of methoxy groups -OCH3 is 1. The lowest BCUT2D eigenvalue weighted by Gasteiger charge is -2.14. The predicted octanol–water partition coefficient (Wildman–Crippen LogP) is 5.65. The molecule has 2 rings (SSSR count). The van der Waals surface area contributed by atoms with E-state index in [0.717, 1.165) is 5.56 Å². The van der Waals surface area contributed by atoms with Crippen molar-refractivity contribution in [2.75, 3.05) is 7.11 Å². The van der Waals surface area contributed by atoms with Crippen molar-refractivity contribution in [3.63, 3.8) is 0 Å². The molecule has 0 aliphatic carbocycles. The van der Waals surface area contributed by atoms with Gasteiger partial charge in [0, 0.05) is 17.3 Å². The third kappa shape index (κ3) is 7.22. The SMILES string of the molecule is CCC(C)C(N=Cc1cc(Br)c(OC(=O)/C=C/c2cccc(Cl)c2)c(OC)c1)C(=O)O. The highest BCUT2D eigenvalue weighted by molar-refractivity contribution is 9.10. The first-order valence-electron chi connectivity index (χ1n) is 9.54. The molecular formula is C23H23BrClNO5. The van der Waals surface area contributed by atoms with E-state index in [0.29, 0.717) is 27.2 Å². The van der Waals surface area contributed by atoms with Crippen LogP contribution < -0.4 is 9.47 Å². The van der Waals surface area contributed by atoms with Gasteiger partial charge in [-0.15, -0.1) is 0 Å². The van der Waals surface area contributed by atoms with Crippen LogP contribution >= 0.6 is 27.5 Å². The third-order valence-electron chi connectivity index (χ3n) is 4.54. The quantitative estimate of drug-likeness (QED) is 0.205. The molecule has 0 fully saturated rings. The van der Waals surface area contributed by atoms with Gasteiger partial charge in [-0.2, -0.15) is 0 Å². The van der Waals surface area contributed by atoms with Crippen molar-refractivity contribution < 1.29 is 24.2 Å². The van der Waals surface area contributed by atoms with Crippen LogP contribution in [0.5, 0.6) is 11.5 Å². The summed E-state index contributed by atoms with van der Waals surface area (Å²) in [6.45, 7) is 3.76. The molecule has 6 nitrogen and oxygen atoms in total. The maximum absolute atomic E-state index is 12.3. The minimum absolute atomic E-state index is 0.106. The van der Waals surface area contributed by atoms with Crippen LogP contribution in [-0.2, 0) is 9.59 Å². The van der Waals surface area contributed by atoms with Gasteiger partial charge in [0.15, 0.2) is 11.5 Å². The Balaban J connectivity index is 2.21. The van der Waals surface area contributed by atoms with Gasteiger partial charge in [-0.25, -0.2) is 9.59 Å². The fraction of sp³-hybridized carbons (Fsp3) is 0.261. The molecule has 0 amide bonds. The normalized spacial score (nSPS) is 13.3. The van der Waals surface area contributed by atoms with E-state index in [9.17, 15) is 14.7 Å². The lowest BCUT2D eigenvalue weighted by Crippen LogP contribution is -2.25. The monoisotopic (exact) mass is 507 g/mol. The molecule has 0 saturated carbocycles. The van der Waals surface area contributed by atoms with Crippen LogP contribution in [0.3, 0.4) is 0 Å². The molecule has 2 aromatic rings. The molecule has 31 heavy (non-hydrogen) atoms. The number of carbonyl (C=O) groups is 2. The highest BCUT2D eigenvalue weighted by Crippen LogP contribution is 2.36. The van der Waals surface area contributed by atoms with Crippen LogP contribution in [0.15, 0.2) is 51.9 Å². The fourth-order valence-electron chi connectivity index (χ4n) is 2.67. The molecule has 0 heterocycles. The Morgan fingerprint density at radius 3 is 2.61 bits per heavy atom. The first-order chi connectivity index (χ1) is 14.7. The van der Waals surface area contributed by atoms with Crippen molar-refractivity contribution in [1.82, 2.24) is 0 Å². The maximum atomic E-state index is 12.3. The van der Waals surface area contributed by atoms with E-state index in [4.69, 9.17) is 21.1 Å². The van der Waals surface area contributed by atoms with Gasteiger partial charge in [-0.1, -0.05) is 44.0 Å². The predicted molar refractivity (Wildman–Crippen MR) is 125 cm³/mol. The van der Waals surface area contributed by atoms with Crippen molar-refractivity contribution in [3.05, 3.63) is 63.1 Å². The molecule has 2 atom stereocenters. The Hall–Kier alpha value is -2.64. The number of ether oxygens (including phenoxy) is 2. The summed E-state index contributed by atoms with van der Waals surface area (Å²) in [4.78, 5) is 27.9. The van der Waals surface area contributed by atoms with Crippen LogP contribution in [0.1, 0.15) is 31.4 Å². The van der Waals surface area contributed by atoms with Crippen LogP contribution in [0.25, 0.3) is 6.08 Å². The molecule has 2 aromatic carbocycles. The van der Waals surface area contributed by atoms with E-state index >= 15 is 0 Å².